The van der Waals surface area contributed by atoms with Crippen LogP contribution in [0.5, 0.6) is 0 Å². The van der Waals surface area contributed by atoms with Gasteiger partial charge in [0.15, 0.2) is 0 Å². The van der Waals surface area contributed by atoms with Crippen LogP contribution in [0.3, 0.4) is 0 Å². The molecule has 1 aromatic heterocycles. The number of hydrogen-bond donors (Lipinski definition) is 2. The molecule has 0 saturated carbocycles. The number of rotatable bonds is 3. The highest BCUT2D eigenvalue weighted by Crippen LogP contribution is 2.21. The molecule has 0 bridgehead atoms. The van der Waals surface area contributed by atoms with Crippen molar-refractivity contribution in [1.82, 2.24) is 9.78 Å². The number of nitrogens with one attached hydrogen (secondary N) is 1. The largest absolute Gasteiger partial charge is 0.325 e. The molecule has 3 N–H and O–H groups in total. The Kier molecular flexibility index (Phi) is 4.69. The van der Waals surface area contributed by atoms with Crippen LogP contribution in [0.4, 0.5) is 5.69 Å². The molecule has 0 aliphatic heterocycles. The molecule has 0 atom stereocenters. The zero-order valence-corrected chi connectivity index (χ0v) is 11.2. The third-order valence-corrected chi connectivity index (χ3v) is 2.56. The molecule has 98 valence electrons. The van der Waals surface area contributed by atoms with Gasteiger partial charge in [-0.25, -0.2) is 0 Å². The quantitative estimate of drug-likeness (QED) is 0.893. The van der Waals surface area contributed by atoms with Crippen LogP contribution in [-0.2, 0) is 4.79 Å². The Labute approximate surface area is 112 Å². The third-order valence-electron chi connectivity index (χ3n) is 2.56. The number of amides is 1. The minimum Gasteiger partial charge on any atom is -0.325 e. The van der Waals surface area contributed by atoms with Gasteiger partial charge < -0.3 is 11.1 Å². The fraction of sp³-hybridized carbons (Fsp3) is 0.333. The predicted octanol–water partition coefficient (Wildman–Crippen LogP) is 1.94. The molecular weight excluding hydrogens is 252 g/mol. The molecule has 0 saturated heterocycles. The van der Waals surface area contributed by atoms with Gasteiger partial charge >= 0.3 is 0 Å². The summed E-state index contributed by atoms with van der Waals surface area (Å²) in [5.41, 5.74) is 7.02. The first-order valence-electron chi connectivity index (χ1n) is 5.59. The summed E-state index contributed by atoms with van der Waals surface area (Å²) in [4.78, 5) is 11.2. The average molecular weight is 269 g/mol. The topological polar surface area (TPSA) is 72.9 Å². The van der Waals surface area contributed by atoms with Crippen LogP contribution in [0, 0.1) is 0 Å². The monoisotopic (exact) mass is 268 g/mol. The van der Waals surface area contributed by atoms with Crippen molar-refractivity contribution in [2.75, 3.05) is 11.9 Å². The fourth-order valence-electron chi connectivity index (χ4n) is 1.74. The van der Waals surface area contributed by atoms with E-state index in [4.69, 9.17) is 5.73 Å². The number of carbonyl (C=O) groups is 1. The highest BCUT2D eigenvalue weighted by molar-refractivity contribution is 5.94. The minimum atomic E-state index is -0.194. The van der Waals surface area contributed by atoms with Crippen molar-refractivity contribution in [3.05, 3.63) is 24.4 Å². The molecule has 1 aromatic carbocycles. The lowest BCUT2D eigenvalue weighted by Gasteiger charge is -2.08. The van der Waals surface area contributed by atoms with Gasteiger partial charge in [0, 0.05) is 17.1 Å². The smallest absolute Gasteiger partial charge is 0.238 e. The van der Waals surface area contributed by atoms with Crippen molar-refractivity contribution in [3.63, 3.8) is 0 Å². The Balaban J connectivity index is 0.00000162. The SMILES string of the molecule is CC(C)n1ncc2ccc(NC(=O)CN)cc21.Cl. The van der Waals surface area contributed by atoms with E-state index in [1.165, 1.54) is 0 Å². The van der Waals surface area contributed by atoms with Crippen LogP contribution in [0.25, 0.3) is 10.9 Å². The highest BCUT2D eigenvalue weighted by Gasteiger charge is 2.07. The van der Waals surface area contributed by atoms with Crippen molar-refractivity contribution in [2.45, 2.75) is 19.9 Å². The number of nitrogens with two attached hydrogens (primary N) is 1. The minimum absolute atomic E-state index is 0. The summed E-state index contributed by atoms with van der Waals surface area (Å²) >= 11 is 0. The van der Waals surface area contributed by atoms with Gasteiger partial charge in [-0.15, -0.1) is 12.4 Å². The van der Waals surface area contributed by atoms with Crippen molar-refractivity contribution in [1.29, 1.82) is 0 Å². The number of nitrogens with zero attached hydrogens (tertiary/aromatic N) is 2. The lowest BCUT2D eigenvalue weighted by molar-refractivity contribution is -0.114. The Morgan fingerprint density at radius 2 is 2.22 bits per heavy atom. The zero-order valence-electron chi connectivity index (χ0n) is 10.4. The number of anilines is 1. The number of fused-ring (bicyclic) bond motifs is 1. The van der Waals surface area contributed by atoms with Crippen LogP contribution in [0.1, 0.15) is 19.9 Å². The molecule has 0 spiro atoms. The lowest BCUT2D eigenvalue weighted by Crippen LogP contribution is -2.21. The summed E-state index contributed by atoms with van der Waals surface area (Å²) in [6, 6.07) is 5.99. The maximum absolute atomic E-state index is 11.2. The zero-order chi connectivity index (χ0) is 12.4. The van der Waals surface area contributed by atoms with Gasteiger partial charge in [0.2, 0.25) is 5.91 Å². The molecule has 1 amide bonds. The normalized spacial score (nSPS) is 10.4. The van der Waals surface area contributed by atoms with Crippen LogP contribution >= 0.6 is 12.4 Å². The van der Waals surface area contributed by atoms with Crippen molar-refractivity contribution in [3.8, 4) is 0 Å². The van der Waals surface area contributed by atoms with Crippen LogP contribution in [-0.4, -0.2) is 22.2 Å². The molecule has 0 aliphatic carbocycles. The fourth-order valence-corrected chi connectivity index (χ4v) is 1.74. The van der Waals surface area contributed by atoms with Crippen LogP contribution in [0.15, 0.2) is 24.4 Å². The molecule has 0 fully saturated rings. The number of carbonyl (C=O) groups excluding carboxylic acids is 1. The van der Waals surface area contributed by atoms with Gasteiger partial charge in [0.25, 0.3) is 0 Å². The van der Waals surface area contributed by atoms with E-state index in [1.54, 1.807) is 0 Å². The number of aromatic nitrogens is 2. The second-order valence-corrected chi connectivity index (χ2v) is 4.21. The highest BCUT2D eigenvalue weighted by atomic mass is 35.5. The van der Waals surface area contributed by atoms with Crippen molar-refractivity contribution in [2.24, 2.45) is 5.73 Å². The van der Waals surface area contributed by atoms with Crippen LogP contribution in [0.2, 0.25) is 0 Å². The maximum atomic E-state index is 11.2. The first kappa shape index (κ1) is 14.5. The summed E-state index contributed by atoms with van der Waals surface area (Å²) < 4.78 is 1.92. The molecule has 0 aliphatic rings. The molecular formula is C12H17ClN4O. The van der Waals surface area contributed by atoms with Gasteiger partial charge in [-0.3, -0.25) is 9.48 Å². The first-order valence-corrected chi connectivity index (χ1v) is 5.59. The van der Waals surface area contributed by atoms with Crippen LogP contribution < -0.4 is 11.1 Å². The van der Waals surface area contributed by atoms with Crippen molar-refractivity contribution < 1.29 is 4.79 Å². The van der Waals surface area contributed by atoms with E-state index in [1.807, 2.05) is 29.1 Å². The number of halogens is 1. The maximum Gasteiger partial charge on any atom is 0.238 e. The summed E-state index contributed by atoms with van der Waals surface area (Å²) in [7, 11) is 0. The standard InChI is InChI=1S/C12H16N4O.ClH/c1-8(2)16-11-5-10(15-12(17)6-13)4-3-9(11)7-14-16;/h3-5,7-8H,6,13H2,1-2H3,(H,15,17);1H. The first-order chi connectivity index (χ1) is 8.11. The average Bonchev–Trinajstić information content (AvgIpc) is 2.71. The Bertz CT molecular complexity index is 550. The second kappa shape index (κ2) is 5.84. The molecule has 0 radical (unpaired) electrons. The molecule has 5 nitrogen and oxygen atoms in total. The van der Waals surface area contributed by atoms with Gasteiger partial charge in [-0.2, -0.15) is 5.10 Å². The molecule has 1 heterocycles. The van der Waals surface area contributed by atoms with E-state index < -0.39 is 0 Å². The molecule has 2 aromatic rings. The van der Waals surface area contributed by atoms with E-state index in [0.29, 0.717) is 0 Å². The van der Waals surface area contributed by atoms with Gasteiger partial charge in [0.1, 0.15) is 0 Å². The summed E-state index contributed by atoms with van der Waals surface area (Å²) in [6.07, 6.45) is 1.82. The number of hydrogen-bond acceptors (Lipinski definition) is 3. The molecule has 18 heavy (non-hydrogen) atoms. The molecule has 6 heteroatoms. The predicted molar refractivity (Wildman–Crippen MR) is 75.1 cm³/mol. The van der Waals surface area contributed by atoms with E-state index in [2.05, 4.69) is 24.3 Å². The van der Waals surface area contributed by atoms with Crippen molar-refractivity contribution >= 4 is 34.9 Å². The molecule has 0 unspecified atom stereocenters. The van der Waals surface area contributed by atoms with E-state index in [0.717, 1.165) is 16.6 Å². The van der Waals surface area contributed by atoms with E-state index in [9.17, 15) is 4.79 Å². The third kappa shape index (κ3) is 2.80. The Morgan fingerprint density at radius 3 is 2.83 bits per heavy atom. The lowest BCUT2D eigenvalue weighted by atomic mass is 10.2. The summed E-state index contributed by atoms with van der Waals surface area (Å²) in [5.74, 6) is -0.194. The van der Waals surface area contributed by atoms with Gasteiger partial charge in [-0.1, -0.05) is 0 Å². The second-order valence-electron chi connectivity index (χ2n) is 4.21. The van der Waals surface area contributed by atoms with Gasteiger partial charge in [-0.05, 0) is 32.0 Å². The molecule has 2 rings (SSSR count). The summed E-state index contributed by atoms with van der Waals surface area (Å²) in [5, 5.41) is 8.11. The Morgan fingerprint density at radius 1 is 1.50 bits per heavy atom. The van der Waals surface area contributed by atoms with E-state index >= 15 is 0 Å². The Hall–Kier alpha value is -1.59. The van der Waals surface area contributed by atoms with E-state index in [-0.39, 0.29) is 30.9 Å². The number of benzene rings is 1. The van der Waals surface area contributed by atoms with Gasteiger partial charge in [0.05, 0.1) is 18.3 Å². The summed E-state index contributed by atoms with van der Waals surface area (Å²) in [6.45, 7) is 4.12.